The molecule has 0 aromatic heterocycles. The smallest absolute Gasteiger partial charge is 0.427 e. The van der Waals surface area contributed by atoms with Crippen molar-refractivity contribution >= 4 is 24.8 Å². The first-order valence-electron chi connectivity index (χ1n) is 3.05. The highest BCUT2D eigenvalue weighted by Crippen LogP contribution is 2.26. The maximum atomic E-state index is 9.33. The van der Waals surface area contributed by atoms with Gasteiger partial charge >= 0.3 is 14.7 Å². The molecular formula is C3H14BO8PS. The molecule has 0 aliphatic heterocycles. The normalized spacial score (nSPS) is 10.3. The van der Waals surface area contributed by atoms with E-state index in [-0.39, 0.29) is 0 Å². The summed E-state index contributed by atoms with van der Waals surface area (Å²) in [6.07, 6.45) is 0.715. The minimum Gasteiger partial charge on any atom is -0.427 e. The molecule has 0 heterocycles. The second kappa shape index (κ2) is 8.36. The van der Waals surface area contributed by atoms with Crippen LogP contribution in [0.2, 0.25) is 6.82 Å². The highest BCUT2D eigenvalue weighted by atomic mass is 32.2. The molecule has 0 unspecified atom stereocenters. The first-order chi connectivity index (χ1) is 5.73. The van der Waals surface area contributed by atoms with Crippen LogP contribution in [-0.2, 0) is 14.7 Å². The lowest BCUT2D eigenvalue weighted by molar-refractivity contribution is 0.381. The van der Waals surface area contributed by atoms with E-state index in [4.69, 9.17) is 24.4 Å². The Morgan fingerprint density at radius 3 is 1.21 bits per heavy atom. The molecule has 0 fully saturated rings. The molecule has 0 atom stereocenters. The molecule has 0 bridgehead atoms. The molecule has 0 radical (unpaired) electrons. The molecule has 5 N–H and O–H groups in total. The Labute approximate surface area is 82.6 Å². The van der Waals surface area contributed by atoms with Crippen LogP contribution in [0.3, 0.4) is 0 Å². The van der Waals surface area contributed by atoms with Gasteiger partial charge in [-0.1, -0.05) is 0 Å². The highest BCUT2D eigenvalue weighted by Gasteiger charge is 1.95. The van der Waals surface area contributed by atoms with Crippen molar-refractivity contribution in [1.29, 1.82) is 0 Å². The largest absolute Gasteiger partial charge is 0.448 e. The average molecular weight is 252 g/mol. The van der Waals surface area contributed by atoms with Crippen LogP contribution in [0.4, 0.5) is 0 Å². The van der Waals surface area contributed by atoms with Crippen molar-refractivity contribution < 1.29 is 37.4 Å². The van der Waals surface area contributed by atoms with E-state index in [9.17, 15) is 13.0 Å². The standard InChI is InChI=1S/CH5BO2.CH5O3P.CH4O3S/c1-2(3)4;2*1-5(2,3)4/h3-4H,1H3;1H3,(H2,2,3,4);1H3,(H,2,3,4). The van der Waals surface area contributed by atoms with E-state index in [0.29, 0.717) is 6.26 Å². The quantitative estimate of drug-likeness (QED) is 0.196. The van der Waals surface area contributed by atoms with Crippen LogP contribution in [0, 0.1) is 0 Å². The highest BCUT2D eigenvalue weighted by molar-refractivity contribution is 7.85. The molecule has 14 heavy (non-hydrogen) atoms. The van der Waals surface area contributed by atoms with Gasteiger partial charge in [-0.15, -0.1) is 0 Å². The summed E-state index contributed by atoms with van der Waals surface area (Å²) in [7, 11) is -8.47. The molecule has 0 aromatic carbocycles. The predicted molar refractivity (Wildman–Crippen MR) is 51.5 cm³/mol. The number of rotatable bonds is 0. The fraction of sp³-hybridized carbons (Fsp3) is 1.00. The lowest BCUT2D eigenvalue weighted by Gasteiger charge is -1.84. The lowest BCUT2D eigenvalue weighted by atomic mass is 9.99. The number of hydrogen-bond acceptors (Lipinski definition) is 5. The Morgan fingerprint density at radius 2 is 1.21 bits per heavy atom. The maximum absolute atomic E-state index is 9.33. The molecule has 0 aliphatic carbocycles. The first-order valence-corrected chi connectivity index (χ1v) is 6.96. The van der Waals surface area contributed by atoms with E-state index >= 15 is 0 Å². The molecule has 0 aromatic rings. The third-order valence-corrected chi connectivity index (χ3v) is 0. The molecule has 11 heteroatoms. The molecule has 88 valence electrons. The SMILES string of the molecule is CB(O)O.CP(=O)(O)O.CS(=O)(=O)O. The molecule has 0 rings (SSSR count). The van der Waals surface area contributed by atoms with Crippen molar-refractivity contribution in [2.24, 2.45) is 0 Å². The third kappa shape index (κ3) is 728000. The predicted octanol–water partition coefficient (Wildman–Crippen LogP) is -1.61. The van der Waals surface area contributed by atoms with E-state index in [1.165, 1.54) is 6.82 Å². The van der Waals surface area contributed by atoms with Gasteiger partial charge in [0.2, 0.25) is 0 Å². The van der Waals surface area contributed by atoms with Crippen molar-refractivity contribution in [3.05, 3.63) is 0 Å². The fourth-order valence-corrected chi connectivity index (χ4v) is 0. The van der Waals surface area contributed by atoms with E-state index < -0.39 is 24.8 Å². The van der Waals surface area contributed by atoms with Gasteiger partial charge in [0.1, 0.15) is 0 Å². The van der Waals surface area contributed by atoms with Crippen LogP contribution in [0.1, 0.15) is 0 Å². The van der Waals surface area contributed by atoms with Crippen LogP contribution in [0.15, 0.2) is 0 Å². The van der Waals surface area contributed by atoms with Gasteiger partial charge in [0, 0.05) is 6.66 Å². The second-order valence-corrected chi connectivity index (χ2v) is 5.34. The summed E-state index contributed by atoms with van der Waals surface area (Å²) in [5.74, 6) is 0. The summed E-state index contributed by atoms with van der Waals surface area (Å²) < 4.78 is 35.2. The van der Waals surface area contributed by atoms with Crippen molar-refractivity contribution in [1.82, 2.24) is 0 Å². The topological polar surface area (TPSA) is 152 Å². The van der Waals surface area contributed by atoms with E-state index in [1.807, 2.05) is 0 Å². The third-order valence-electron chi connectivity index (χ3n) is 0. The van der Waals surface area contributed by atoms with Gasteiger partial charge in [0.15, 0.2) is 0 Å². The molecule has 0 saturated heterocycles. The van der Waals surface area contributed by atoms with Gasteiger partial charge in [0.05, 0.1) is 6.26 Å². The zero-order valence-corrected chi connectivity index (χ0v) is 9.60. The Kier molecular flexibility index (Phi) is 11.7. The van der Waals surface area contributed by atoms with E-state index in [2.05, 4.69) is 0 Å². The fourth-order valence-electron chi connectivity index (χ4n) is 0. The van der Waals surface area contributed by atoms with Crippen molar-refractivity contribution in [3.8, 4) is 0 Å². The maximum Gasteiger partial charge on any atom is 0.448 e. The summed E-state index contributed by atoms with van der Waals surface area (Å²) in [4.78, 5) is 15.3. The molecule has 0 amide bonds. The van der Waals surface area contributed by atoms with Gasteiger partial charge in [-0.2, -0.15) is 8.42 Å². The van der Waals surface area contributed by atoms with Crippen LogP contribution < -0.4 is 0 Å². The zero-order valence-electron chi connectivity index (χ0n) is 7.89. The summed E-state index contributed by atoms with van der Waals surface area (Å²) in [5, 5.41) is 15.2. The van der Waals surface area contributed by atoms with Crippen molar-refractivity contribution in [2.45, 2.75) is 6.82 Å². The first kappa shape index (κ1) is 19.6. The van der Waals surface area contributed by atoms with Crippen molar-refractivity contribution in [3.63, 3.8) is 0 Å². The minimum atomic E-state index is -3.67. The second-order valence-electron chi connectivity index (χ2n) is 2.20. The lowest BCUT2D eigenvalue weighted by Crippen LogP contribution is -2.00. The van der Waals surface area contributed by atoms with Crippen LogP contribution >= 0.6 is 7.60 Å². The Bertz CT molecular complexity index is 235. The average Bonchev–Trinajstić information content (AvgIpc) is 1.45. The molecule has 0 aliphatic rings. The zero-order chi connectivity index (χ0) is 12.6. The monoisotopic (exact) mass is 252 g/mol. The van der Waals surface area contributed by atoms with Crippen LogP contribution in [-0.4, -0.2) is 52.8 Å². The van der Waals surface area contributed by atoms with Gasteiger partial charge < -0.3 is 19.8 Å². The summed E-state index contributed by atoms with van der Waals surface area (Å²) in [6, 6.07) is 0. The Morgan fingerprint density at radius 1 is 1.21 bits per heavy atom. The number of hydrogen-bond donors (Lipinski definition) is 5. The molecular weight excluding hydrogens is 238 g/mol. The van der Waals surface area contributed by atoms with Gasteiger partial charge in [-0.3, -0.25) is 9.12 Å². The van der Waals surface area contributed by atoms with Crippen LogP contribution in [0.25, 0.3) is 0 Å². The molecule has 0 spiro atoms. The Hall–Kier alpha value is 0.0449. The summed E-state index contributed by atoms with van der Waals surface area (Å²) >= 11 is 0. The van der Waals surface area contributed by atoms with Crippen LogP contribution in [0.5, 0.6) is 0 Å². The summed E-state index contributed by atoms with van der Waals surface area (Å²) in [5.41, 5.74) is 0. The van der Waals surface area contributed by atoms with E-state index in [1.54, 1.807) is 0 Å². The van der Waals surface area contributed by atoms with Gasteiger partial charge in [0.25, 0.3) is 10.1 Å². The van der Waals surface area contributed by atoms with Gasteiger partial charge in [-0.05, 0) is 6.82 Å². The van der Waals surface area contributed by atoms with Gasteiger partial charge in [-0.25, -0.2) is 0 Å². The van der Waals surface area contributed by atoms with Crippen molar-refractivity contribution in [2.75, 3.05) is 12.9 Å². The molecule has 8 nitrogen and oxygen atoms in total. The Balaban J connectivity index is -0.000000131. The minimum absolute atomic E-state index is 0.715. The summed E-state index contributed by atoms with van der Waals surface area (Å²) in [6.45, 7) is 2.13. The molecule has 0 saturated carbocycles. The van der Waals surface area contributed by atoms with E-state index in [0.717, 1.165) is 6.66 Å².